The molecular formula is C20H25N3O4. The smallest absolute Gasteiger partial charge is 0.339 e. The fraction of sp³-hybridized carbons (Fsp3) is 0.450. The van der Waals surface area contributed by atoms with Crippen LogP contribution in [0.25, 0.3) is 0 Å². The highest BCUT2D eigenvalue weighted by atomic mass is 16.4. The highest BCUT2D eigenvalue weighted by Gasteiger charge is 2.19. The van der Waals surface area contributed by atoms with Gasteiger partial charge in [0.25, 0.3) is 5.91 Å². The summed E-state index contributed by atoms with van der Waals surface area (Å²) in [5.41, 5.74) is 0.618. The number of carbonyl (C=O) groups excluding carboxylic acids is 1. The molecule has 3 heterocycles. The van der Waals surface area contributed by atoms with Crippen molar-refractivity contribution in [2.75, 3.05) is 25.0 Å². The zero-order valence-corrected chi connectivity index (χ0v) is 15.8. The largest absolute Gasteiger partial charge is 0.478 e. The molecule has 0 aliphatic carbocycles. The number of aryl methyl sites for hydroxylation is 1. The predicted octanol–water partition coefficient (Wildman–Crippen LogP) is 3.33. The summed E-state index contributed by atoms with van der Waals surface area (Å²) in [7, 11) is 1.66. The van der Waals surface area contributed by atoms with Crippen LogP contribution in [0.5, 0.6) is 0 Å². The van der Waals surface area contributed by atoms with Gasteiger partial charge in [-0.3, -0.25) is 4.79 Å². The summed E-state index contributed by atoms with van der Waals surface area (Å²) in [5.74, 6) is 0.459. The highest BCUT2D eigenvalue weighted by Crippen LogP contribution is 2.19. The summed E-state index contributed by atoms with van der Waals surface area (Å²) in [6, 6.07) is 5.15. The van der Waals surface area contributed by atoms with Crippen molar-refractivity contribution in [3.63, 3.8) is 0 Å². The van der Waals surface area contributed by atoms with Gasteiger partial charge in [0.05, 0.1) is 12.1 Å². The molecule has 1 aliphatic rings. The monoisotopic (exact) mass is 371 g/mol. The highest BCUT2D eigenvalue weighted by molar-refractivity contribution is 5.94. The first-order valence-corrected chi connectivity index (χ1v) is 9.25. The molecule has 0 saturated carbocycles. The number of amides is 1. The second kappa shape index (κ2) is 8.24. The molecule has 0 aromatic carbocycles. The fourth-order valence-corrected chi connectivity index (χ4v) is 3.36. The Hall–Kier alpha value is -2.83. The standard InChI is InChI=1S/C20H25N3O4/c1-14-17(20(25)26)11-16(27-14)13-22(2)19(24)15-7-8-18(21-12-15)23-9-5-3-4-6-10-23/h7-8,11-12H,3-6,9-10,13H2,1-2H3,(H,25,26). The molecule has 0 spiro atoms. The topological polar surface area (TPSA) is 86.9 Å². The molecule has 144 valence electrons. The number of carboxylic acid groups (broad SMARTS) is 1. The van der Waals surface area contributed by atoms with Gasteiger partial charge < -0.3 is 19.3 Å². The number of aromatic nitrogens is 1. The van der Waals surface area contributed by atoms with E-state index >= 15 is 0 Å². The molecular weight excluding hydrogens is 346 g/mol. The van der Waals surface area contributed by atoms with E-state index in [1.807, 2.05) is 6.07 Å². The van der Waals surface area contributed by atoms with E-state index in [2.05, 4.69) is 9.88 Å². The summed E-state index contributed by atoms with van der Waals surface area (Å²) in [6.07, 6.45) is 6.47. The number of carboxylic acids is 1. The number of hydrogen-bond acceptors (Lipinski definition) is 5. The summed E-state index contributed by atoms with van der Waals surface area (Å²) in [5, 5.41) is 9.10. The quantitative estimate of drug-likeness (QED) is 0.867. The predicted molar refractivity (Wildman–Crippen MR) is 101 cm³/mol. The molecule has 2 aromatic rings. The Morgan fingerprint density at radius 3 is 2.48 bits per heavy atom. The van der Waals surface area contributed by atoms with Crippen LogP contribution in [0.1, 0.15) is 57.9 Å². The van der Waals surface area contributed by atoms with Crippen LogP contribution in [0.15, 0.2) is 28.8 Å². The van der Waals surface area contributed by atoms with E-state index in [1.165, 1.54) is 36.6 Å². The van der Waals surface area contributed by atoms with E-state index in [0.29, 0.717) is 17.1 Å². The molecule has 0 bridgehead atoms. The lowest BCUT2D eigenvalue weighted by atomic mass is 10.2. The van der Waals surface area contributed by atoms with Gasteiger partial charge in [-0.25, -0.2) is 9.78 Å². The third-order valence-corrected chi connectivity index (χ3v) is 4.86. The Bertz CT molecular complexity index is 805. The molecule has 3 rings (SSSR count). The minimum atomic E-state index is -1.04. The molecule has 27 heavy (non-hydrogen) atoms. The van der Waals surface area contributed by atoms with Crippen molar-refractivity contribution in [3.05, 3.63) is 47.0 Å². The van der Waals surface area contributed by atoms with Gasteiger partial charge in [0, 0.05) is 26.3 Å². The minimum absolute atomic E-state index is 0.120. The molecule has 1 amide bonds. The second-order valence-corrected chi connectivity index (χ2v) is 6.96. The lowest BCUT2D eigenvalue weighted by Crippen LogP contribution is -2.27. The molecule has 2 aromatic heterocycles. The number of pyridine rings is 1. The Balaban J connectivity index is 1.66. The Morgan fingerprint density at radius 2 is 1.93 bits per heavy atom. The first kappa shape index (κ1) is 18.9. The average Bonchev–Trinajstić information content (AvgIpc) is 2.85. The van der Waals surface area contributed by atoms with Crippen LogP contribution in [0, 0.1) is 6.92 Å². The summed E-state index contributed by atoms with van der Waals surface area (Å²) < 4.78 is 5.45. The van der Waals surface area contributed by atoms with Gasteiger partial charge in [0.2, 0.25) is 0 Å². The third kappa shape index (κ3) is 4.48. The second-order valence-electron chi connectivity index (χ2n) is 6.96. The lowest BCUT2D eigenvalue weighted by molar-refractivity contribution is 0.0694. The zero-order valence-electron chi connectivity index (χ0n) is 15.8. The van der Waals surface area contributed by atoms with Crippen molar-refractivity contribution in [3.8, 4) is 0 Å². The van der Waals surface area contributed by atoms with Gasteiger partial charge in [-0.2, -0.15) is 0 Å². The molecule has 7 heteroatoms. The molecule has 1 N–H and O–H groups in total. The number of furan rings is 1. The van der Waals surface area contributed by atoms with Crippen LogP contribution in [-0.2, 0) is 6.54 Å². The van der Waals surface area contributed by atoms with Crippen LogP contribution >= 0.6 is 0 Å². The first-order chi connectivity index (χ1) is 13.0. The van der Waals surface area contributed by atoms with E-state index in [1.54, 1.807) is 26.2 Å². The molecule has 1 aliphatic heterocycles. The van der Waals surface area contributed by atoms with E-state index < -0.39 is 5.97 Å². The van der Waals surface area contributed by atoms with Crippen molar-refractivity contribution in [2.24, 2.45) is 0 Å². The Labute approximate surface area is 158 Å². The Kier molecular flexibility index (Phi) is 5.78. The number of nitrogens with zero attached hydrogens (tertiary/aromatic N) is 3. The van der Waals surface area contributed by atoms with Crippen LogP contribution in [-0.4, -0.2) is 47.0 Å². The SMILES string of the molecule is Cc1oc(CN(C)C(=O)c2ccc(N3CCCCCC3)nc2)cc1C(=O)O. The van der Waals surface area contributed by atoms with Crippen molar-refractivity contribution < 1.29 is 19.1 Å². The Morgan fingerprint density at radius 1 is 1.22 bits per heavy atom. The van der Waals surface area contributed by atoms with Gasteiger partial charge in [0.1, 0.15) is 22.9 Å². The van der Waals surface area contributed by atoms with Gasteiger partial charge in [0.15, 0.2) is 0 Å². The van der Waals surface area contributed by atoms with Crippen molar-refractivity contribution >= 4 is 17.7 Å². The molecule has 7 nitrogen and oxygen atoms in total. The number of rotatable bonds is 5. The van der Waals surface area contributed by atoms with Gasteiger partial charge in [-0.15, -0.1) is 0 Å². The van der Waals surface area contributed by atoms with Gasteiger partial charge in [-0.1, -0.05) is 12.8 Å². The van der Waals surface area contributed by atoms with E-state index in [-0.39, 0.29) is 18.0 Å². The van der Waals surface area contributed by atoms with E-state index in [0.717, 1.165) is 18.9 Å². The number of anilines is 1. The first-order valence-electron chi connectivity index (χ1n) is 9.25. The zero-order chi connectivity index (χ0) is 19.4. The van der Waals surface area contributed by atoms with Crippen LogP contribution in [0.4, 0.5) is 5.82 Å². The molecule has 0 radical (unpaired) electrons. The minimum Gasteiger partial charge on any atom is -0.478 e. The van der Waals surface area contributed by atoms with Gasteiger partial charge in [-0.05, 0) is 38.0 Å². The van der Waals surface area contributed by atoms with Crippen molar-refractivity contribution in [1.29, 1.82) is 0 Å². The molecule has 1 saturated heterocycles. The average molecular weight is 371 g/mol. The summed E-state index contributed by atoms with van der Waals surface area (Å²) in [4.78, 5) is 32.0. The van der Waals surface area contributed by atoms with E-state index in [4.69, 9.17) is 9.52 Å². The fourth-order valence-electron chi connectivity index (χ4n) is 3.36. The molecule has 0 atom stereocenters. The van der Waals surface area contributed by atoms with Gasteiger partial charge >= 0.3 is 5.97 Å². The van der Waals surface area contributed by atoms with Crippen LogP contribution in [0.3, 0.4) is 0 Å². The molecule has 1 fully saturated rings. The van der Waals surface area contributed by atoms with Crippen LogP contribution < -0.4 is 4.90 Å². The van der Waals surface area contributed by atoms with Crippen LogP contribution in [0.2, 0.25) is 0 Å². The number of aromatic carboxylic acids is 1. The lowest BCUT2D eigenvalue weighted by Gasteiger charge is -2.22. The van der Waals surface area contributed by atoms with Crippen molar-refractivity contribution in [1.82, 2.24) is 9.88 Å². The maximum absolute atomic E-state index is 12.6. The molecule has 0 unspecified atom stereocenters. The summed E-state index contributed by atoms with van der Waals surface area (Å²) in [6.45, 7) is 3.80. The normalized spacial score (nSPS) is 14.7. The van der Waals surface area contributed by atoms with E-state index in [9.17, 15) is 9.59 Å². The summed E-state index contributed by atoms with van der Waals surface area (Å²) >= 11 is 0. The number of hydrogen-bond donors (Lipinski definition) is 1. The maximum atomic E-state index is 12.6. The number of carbonyl (C=O) groups is 2. The van der Waals surface area contributed by atoms with Crippen molar-refractivity contribution in [2.45, 2.75) is 39.2 Å². The third-order valence-electron chi connectivity index (χ3n) is 4.86. The maximum Gasteiger partial charge on any atom is 0.339 e.